The second-order valence-corrected chi connectivity index (χ2v) is 7.96. The number of carbonyl (C=O) groups excluding carboxylic acids is 1. The molecule has 1 aliphatic rings. The van der Waals surface area contributed by atoms with Crippen molar-refractivity contribution in [3.05, 3.63) is 52.4 Å². The molecule has 0 spiro atoms. The Morgan fingerprint density at radius 1 is 1.25 bits per heavy atom. The van der Waals surface area contributed by atoms with Crippen LogP contribution in [0.2, 0.25) is 0 Å². The Balaban J connectivity index is 1.48. The highest BCUT2D eigenvalue weighted by Crippen LogP contribution is 2.25. The first-order chi connectivity index (χ1) is 13.5. The van der Waals surface area contributed by atoms with Crippen molar-refractivity contribution in [1.82, 2.24) is 19.7 Å². The zero-order valence-corrected chi connectivity index (χ0v) is 16.5. The fraction of sp³-hybridized carbons (Fsp3) is 0.350. The van der Waals surface area contributed by atoms with Crippen molar-refractivity contribution in [3.8, 4) is 11.3 Å². The molecule has 6 nitrogen and oxygen atoms in total. The summed E-state index contributed by atoms with van der Waals surface area (Å²) in [7, 11) is 0. The van der Waals surface area contributed by atoms with Crippen molar-refractivity contribution in [2.24, 2.45) is 0 Å². The van der Waals surface area contributed by atoms with E-state index < -0.39 is 0 Å². The molecule has 0 saturated carbocycles. The minimum Gasteiger partial charge on any atom is -0.375 e. The van der Waals surface area contributed by atoms with Gasteiger partial charge in [0.2, 0.25) is 5.91 Å². The van der Waals surface area contributed by atoms with E-state index in [1.165, 1.54) is 28.3 Å². The van der Waals surface area contributed by atoms with Crippen LogP contribution >= 0.6 is 11.3 Å². The number of fused-ring (bicyclic) bond motifs is 1. The first-order valence-electron chi connectivity index (χ1n) is 9.38. The highest BCUT2D eigenvalue weighted by atomic mass is 32.1. The van der Waals surface area contributed by atoms with E-state index in [0.717, 1.165) is 41.9 Å². The quantitative estimate of drug-likeness (QED) is 0.732. The molecule has 0 aliphatic carbocycles. The number of aryl methyl sites for hydroxylation is 1. The maximum atomic E-state index is 13.2. The van der Waals surface area contributed by atoms with Crippen molar-refractivity contribution < 1.29 is 9.18 Å². The summed E-state index contributed by atoms with van der Waals surface area (Å²) in [6.45, 7) is 3.55. The van der Waals surface area contributed by atoms with Gasteiger partial charge in [-0.15, -0.1) is 11.3 Å². The van der Waals surface area contributed by atoms with E-state index in [9.17, 15) is 9.18 Å². The number of carbonyl (C=O) groups is 1. The Morgan fingerprint density at radius 3 is 2.75 bits per heavy atom. The fourth-order valence-corrected chi connectivity index (χ4v) is 4.37. The van der Waals surface area contributed by atoms with Crippen molar-refractivity contribution in [1.29, 1.82) is 0 Å². The summed E-state index contributed by atoms with van der Waals surface area (Å²) < 4.78 is 14.9. The molecule has 146 valence electrons. The zero-order valence-electron chi connectivity index (χ0n) is 15.7. The largest absolute Gasteiger partial charge is 0.375 e. The minimum atomic E-state index is -0.278. The van der Waals surface area contributed by atoms with Crippen LogP contribution in [-0.4, -0.2) is 38.7 Å². The molecule has 2 aromatic heterocycles. The van der Waals surface area contributed by atoms with Gasteiger partial charge in [0.1, 0.15) is 12.4 Å². The van der Waals surface area contributed by atoms with Crippen LogP contribution in [0.1, 0.15) is 23.2 Å². The van der Waals surface area contributed by atoms with Crippen LogP contribution in [-0.2, 0) is 30.6 Å². The second-order valence-electron chi connectivity index (χ2n) is 6.84. The number of halogens is 1. The number of amides is 1. The van der Waals surface area contributed by atoms with Crippen LogP contribution in [0.3, 0.4) is 0 Å². The number of hydrogen-bond donors (Lipinski definition) is 1. The van der Waals surface area contributed by atoms with Crippen molar-refractivity contribution in [2.75, 3.05) is 18.8 Å². The molecule has 3 heterocycles. The monoisotopic (exact) mass is 399 g/mol. The van der Waals surface area contributed by atoms with Gasteiger partial charge < -0.3 is 10.6 Å². The lowest BCUT2D eigenvalue weighted by molar-refractivity contribution is -0.132. The van der Waals surface area contributed by atoms with E-state index in [0.29, 0.717) is 18.2 Å². The number of rotatable bonds is 4. The van der Waals surface area contributed by atoms with Gasteiger partial charge in [-0.05, 0) is 36.8 Å². The van der Waals surface area contributed by atoms with Gasteiger partial charge in [0.15, 0.2) is 5.13 Å². The third-order valence-corrected chi connectivity index (χ3v) is 6.01. The number of nitrogens with two attached hydrogens (primary N) is 1. The van der Waals surface area contributed by atoms with Gasteiger partial charge in [-0.25, -0.2) is 9.37 Å². The first kappa shape index (κ1) is 18.6. The van der Waals surface area contributed by atoms with E-state index in [2.05, 4.69) is 10.1 Å². The molecule has 1 aliphatic heterocycles. The maximum Gasteiger partial charge on any atom is 0.244 e. The summed E-state index contributed by atoms with van der Waals surface area (Å²) in [5, 5.41) is 5.20. The highest BCUT2D eigenvalue weighted by Gasteiger charge is 2.22. The summed E-state index contributed by atoms with van der Waals surface area (Å²) in [6.07, 6.45) is 2.29. The number of nitrogens with zero attached hydrogens (tertiary/aromatic N) is 4. The lowest BCUT2D eigenvalue weighted by atomic mass is 10.1. The normalized spacial score (nSPS) is 14.0. The zero-order chi connectivity index (χ0) is 19.7. The van der Waals surface area contributed by atoms with E-state index >= 15 is 0 Å². The van der Waals surface area contributed by atoms with Gasteiger partial charge in [0.25, 0.3) is 0 Å². The Labute approximate surface area is 166 Å². The van der Waals surface area contributed by atoms with Crippen LogP contribution in [0.4, 0.5) is 9.52 Å². The van der Waals surface area contributed by atoms with Gasteiger partial charge in [-0.3, -0.25) is 9.48 Å². The van der Waals surface area contributed by atoms with Gasteiger partial charge in [-0.2, -0.15) is 5.10 Å². The molecule has 1 aromatic carbocycles. The Bertz CT molecular complexity index is 969. The maximum absolute atomic E-state index is 13.2. The third-order valence-electron chi connectivity index (χ3n) is 5.03. The van der Waals surface area contributed by atoms with Gasteiger partial charge >= 0.3 is 0 Å². The van der Waals surface area contributed by atoms with Crippen molar-refractivity contribution in [3.63, 3.8) is 0 Å². The topological polar surface area (TPSA) is 77.0 Å². The Morgan fingerprint density at radius 2 is 2.00 bits per heavy atom. The molecule has 0 saturated heterocycles. The average Bonchev–Trinajstić information content (AvgIpc) is 3.19. The smallest absolute Gasteiger partial charge is 0.244 e. The van der Waals surface area contributed by atoms with Crippen LogP contribution in [0.5, 0.6) is 0 Å². The lowest BCUT2D eigenvalue weighted by Crippen LogP contribution is -2.36. The fourth-order valence-electron chi connectivity index (χ4n) is 3.50. The molecule has 3 aromatic rings. The highest BCUT2D eigenvalue weighted by molar-refractivity contribution is 7.15. The molecule has 8 heteroatoms. The summed E-state index contributed by atoms with van der Waals surface area (Å²) in [5.74, 6) is -0.230. The van der Waals surface area contributed by atoms with Crippen molar-refractivity contribution >= 4 is 22.4 Å². The van der Waals surface area contributed by atoms with Crippen molar-refractivity contribution in [2.45, 2.75) is 32.7 Å². The average molecular weight is 399 g/mol. The standard InChI is InChI=1S/C20H22FN5OS/c1-2-15-11-17(13-3-5-14(21)6-4-13)24-26(15)12-19(27)25-9-7-16-18(8-10-25)28-20(22)23-16/h3-6,11H,2,7-10,12H2,1H3,(H2,22,23). The molecule has 0 unspecified atom stereocenters. The summed E-state index contributed by atoms with van der Waals surface area (Å²) in [6, 6.07) is 8.21. The van der Waals surface area contributed by atoms with Gasteiger partial charge in [0.05, 0.1) is 11.4 Å². The number of nitrogen functional groups attached to an aromatic ring is 1. The molecule has 0 atom stereocenters. The molecule has 1 amide bonds. The van der Waals surface area contributed by atoms with E-state index in [1.54, 1.807) is 16.8 Å². The molecule has 2 N–H and O–H groups in total. The summed E-state index contributed by atoms with van der Waals surface area (Å²) in [4.78, 5) is 20.3. The van der Waals surface area contributed by atoms with Crippen LogP contribution in [0, 0.1) is 5.82 Å². The number of anilines is 1. The first-order valence-corrected chi connectivity index (χ1v) is 10.2. The van der Waals surface area contributed by atoms with Crippen LogP contribution < -0.4 is 5.73 Å². The van der Waals surface area contributed by atoms with E-state index in [1.807, 2.05) is 17.9 Å². The number of hydrogen-bond acceptors (Lipinski definition) is 5. The third kappa shape index (κ3) is 3.77. The molecule has 4 rings (SSSR count). The number of benzene rings is 1. The molecule has 28 heavy (non-hydrogen) atoms. The lowest BCUT2D eigenvalue weighted by Gasteiger charge is -2.20. The Kier molecular flexibility index (Phi) is 5.13. The molecule has 0 bridgehead atoms. The summed E-state index contributed by atoms with van der Waals surface area (Å²) in [5.41, 5.74) is 9.38. The number of aromatic nitrogens is 3. The minimum absolute atomic E-state index is 0.0478. The van der Waals surface area contributed by atoms with E-state index in [4.69, 9.17) is 5.73 Å². The van der Waals surface area contributed by atoms with Gasteiger partial charge in [-0.1, -0.05) is 6.92 Å². The predicted molar refractivity (Wildman–Crippen MR) is 108 cm³/mol. The molecular formula is C20H22FN5OS. The van der Waals surface area contributed by atoms with E-state index in [-0.39, 0.29) is 18.3 Å². The SMILES string of the molecule is CCc1cc(-c2ccc(F)cc2)nn1CC(=O)N1CCc2nc(N)sc2CC1. The molecule has 0 fully saturated rings. The predicted octanol–water partition coefficient (Wildman–Crippen LogP) is 2.92. The molecular weight excluding hydrogens is 377 g/mol. The number of thiazole rings is 1. The second kappa shape index (κ2) is 7.71. The van der Waals surface area contributed by atoms with Crippen LogP contribution in [0.15, 0.2) is 30.3 Å². The van der Waals surface area contributed by atoms with Crippen LogP contribution in [0.25, 0.3) is 11.3 Å². The van der Waals surface area contributed by atoms with Gasteiger partial charge in [0, 0.05) is 42.1 Å². The molecule has 0 radical (unpaired) electrons. The Hall–Kier alpha value is -2.74. The summed E-state index contributed by atoms with van der Waals surface area (Å²) >= 11 is 1.51.